The molecule has 0 saturated heterocycles. The fourth-order valence-corrected chi connectivity index (χ4v) is 1.22. The fourth-order valence-electron chi connectivity index (χ4n) is 1.22. The summed E-state index contributed by atoms with van der Waals surface area (Å²) in [6.07, 6.45) is 1.76. The molecule has 0 unspecified atom stereocenters. The maximum Gasteiger partial charge on any atom is 0.178 e. The lowest BCUT2D eigenvalue weighted by molar-refractivity contribution is 0.356. The molecule has 0 saturated carbocycles. The molecule has 0 aromatic carbocycles. The lowest BCUT2D eigenvalue weighted by atomic mass is 10.1. The molecule has 0 fully saturated rings. The first kappa shape index (κ1) is 8.16. The molecule has 0 radical (unpaired) electrons. The van der Waals surface area contributed by atoms with Crippen molar-refractivity contribution in [1.29, 1.82) is 0 Å². The van der Waals surface area contributed by atoms with Crippen molar-refractivity contribution < 1.29 is 0 Å². The van der Waals surface area contributed by atoms with E-state index in [1.54, 1.807) is 6.20 Å². The van der Waals surface area contributed by atoms with E-state index in [4.69, 9.17) is 0 Å². The van der Waals surface area contributed by atoms with Crippen LogP contribution in [0.15, 0.2) is 18.3 Å². The van der Waals surface area contributed by atoms with Gasteiger partial charge in [0.05, 0.1) is 5.54 Å². The van der Waals surface area contributed by atoms with E-state index < -0.39 is 0 Å². The van der Waals surface area contributed by atoms with E-state index in [1.165, 1.54) is 0 Å². The average molecular weight is 176 g/mol. The minimum atomic E-state index is -0.0664. The standard InChI is InChI=1S/C9H12N4/c1-9(2,3)13-8-7(11-12-13)5-4-6-10-8/h4-6H,1-3H3. The van der Waals surface area contributed by atoms with Crippen LogP contribution in [0.25, 0.3) is 11.2 Å². The van der Waals surface area contributed by atoms with Crippen LogP contribution in [-0.2, 0) is 5.54 Å². The highest BCUT2D eigenvalue weighted by Crippen LogP contribution is 2.17. The van der Waals surface area contributed by atoms with Crippen LogP contribution in [0.1, 0.15) is 20.8 Å². The molecule has 2 heterocycles. The maximum absolute atomic E-state index is 4.25. The summed E-state index contributed by atoms with van der Waals surface area (Å²) in [7, 11) is 0. The summed E-state index contributed by atoms with van der Waals surface area (Å²) in [6, 6.07) is 3.78. The van der Waals surface area contributed by atoms with E-state index in [0.29, 0.717) is 0 Å². The smallest absolute Gasteiger partial charge is 0.178 e. The maximum atomic E-state index is 4.25. The predicted molar refractivity (Wildman–Crippen MR) is 50.3 cm³/mol. The molecule has 68 valence electrons. The normalized spacial score (nSPS) is 12.2. The Hall–Kier alpha value is -1.45. The first-order valence-electron chi connectivity index (χ1n) is 4.26. The van der Waals surface area contributed by atoms with Crippen LogP contribution in [0.4, 0.5) is 0 Å². The van der Waals surface area contributed by atoms with Crippen molar-refractivity contribution in [3.8, 4) is 0 Å². The molecule has 0 spiro atoms. The van der Waals surface area contributed by atoms with Crippen molar-refractivity contribution in [3.63, 3.8) is 0 Å². The van der Waals surface area contributed by atoms with E-state index in [-0.39, 0.29) is 5.54 Å². The Morgan fingerprint density at radius 3 is 2.77 bits per heavy atom. The van der Waals surface area contributed by atoms with Gasteiger partial charge in [-0.05, 0) is 32.9 Å². The molecular weight excluding hydrogens is 164 g/mol. The Bertz CT molecular complexity index is 424. The highest BCUT2D eigenvalue weighted by Gasteiger charge is 2.17. The van der Waals surface area contributed by atoms with Gasteiger partial charge < -0.3 is 0 Å². The molecule has 4 heteroatoms. The third kappa shape index (κ3) is 1.28. The second-order valence-corrected chi connectivity index (χ2v) is 4.02. The first-order valence-corrected chi connectivity index (χ1v) is 4.26. The summed E-state index contributed by atoms with van der Waals surface area (Å²) in [4.78, 5) is 4.25. The van der Waals surface area contributed by atoms with Gasteiger partial charge in [-0.2, -0.15) is 0 Å². The molecule has 13 heavy (non-hydrogen) atoms. The Balaban J connectivity index is 2.72. The number of rotatable bonds is 0. The van der Waals surface area contributed by atoms with Crippen LogP contribution < -0.4 is 0 Å². The fraction of sp³-hybridized carbons (Fsp3) is 0.444. The van der Waals surface area contributed by atoms with Crippen molar-refractivity contribution in [1.82, 2.24) is 20.0 Å². The molecule has 0 bridgehead atoms. The third-order valence-electron chi connectivity index (χ3n) is 1.84. The van der Waals surface area contributed by atoms with Crippen molar-refractivity contribution in [2.24, 2.45) is 0 Å². The second kappa shape index (κ2) is 2.52. The lowest BCUT2D eigenvalue weighted by Crippen LogP contribution is -2.23. The second-order valence-electron chi connectivity index (χ2n) is 4.02. The Morgan fingerprint density at radius 1 is 1.31 bits per heavy atom. The van der Waals surface area contributed by atoms with E-state index in [2.05, 4.69) is 36.1 Å². The largest absolute Gasteiger partial charge is 0.235 e. The first-order chi connectivity index (χ1) is 6.09. The van der Waals surface area contributed by atoms with Crippen LogP contribution in [0.2, 0.25) is 0 Å². The van der Waals surface area contributed by atoms with Gasteiger partial charge in [0.2, 0.25) is 0 Å². The van der Waals surface area contributed by atoms with E-state index in [0.717, 1.165) is 11.2 Å². The quantitative estimate of drug-likeness (QED) is 0.612. The van der Waals surface area contributed by atoms with Crippen molar-refractivity contribution >= 4 is 11.2 Å². The van der Waals surface area contributed by atoms with Gasteiger partial charge in [-0.25, -0.2) is 9.67 Å². The Morgan fingerprint density at radius 2 is 2.08 bits per heavy atom. The average Bonchev–Trinajstić information content (AvgIpc) is 2.45. The summed E-state index contributed by atoms with van der Waals surface area (Å²) >= 11 is 0. The highest BCUT2D eigenvalue weighted by atomic mass is 15.5. The molecule has 2 aromatic heterocycles. The topological polar surface area (TPSA) is 43.6 Å². The van der Waals surface area contributed by atoms with Crippen molar-refractivity contribution in [2.75, 3.05) is 0 Å². The molecule has 2 aromatic rings. The zero-order chi connectivity index (χ0) is 9.47. The summed E-state index contributed by atoms with van der Waals surface area (Å²) in [5.74, 6) is 0. The number of hydrogen-bond donors (Lipinski definition) is 0. The van der Waals surface area contributed by atoms with Gasteiger partial charge in [0.15, 0.2) is 5.65 Å². The highest BCUT2D eigenvalue weighted by molar-refractivity contribution is 5.69. The molecule has 0 aliphatic heterocycles. The summed E-state index contributed by atoms with van der Waals surface area (Å²) < 4.78 is 1.84. The number of pyridine rings is 1. The SMILES string of the molecule is CC(C)(C)n1nnc2cccnc21. The van der Waals surface area contributed by atoms with Crippen molar-refractivity contribution in [2.45, 2.75) is 26.3 Å². The minimum absolute atomic E-state index is 0.0664. The molecule has 4 nitrogen and oxygen atoms in total. The number of aromatic nitrogens is 4. The van der Waals surface area contributed by atoms with E-state index >= 15 is 0 Å². The molecule has 0 aliphatic carbocycles. The molecule has 0 atom stereocenters. The summed E-state index contributed by atoms with van der Waals surface area (Å²) in [6.45, 7) is 6.24. The lowest BCUT2D eigenvalue weighted by Gasteiger charge is -2.18. The van der Waals surface area contributed by atoms with Gasteiger partial charge in [-0.3, -0.25) is 0 Å². The van der Waals surface area contributed by atoms with Gasteiger partial charge in [-0.15, -0.1) is 5.10 Å². The summed E-state index contributed by atoms with van der Waals surface area (Å²) in [5.41, 5.74) is 1.62. The zero-order valence-electron chi connectivity index (χ0n) is 8.02. The van der Waals surface area contributed by atoms with E-state index in [1.807, 2.05) is 16.8 Å². The zero-order valence-corrected chi connectivity index (χ0v) is 8.02. The molecule has 0 N–H and O–H groups in total. The predicted octanol–water partition coefficient (Wildman–Crippen LogP) is 1.58. The van der Waals surface area contributed by atoms with Gasteiger partial charge in [-0.1, -0.05) is 5.21 Å². The monoisotopic (exact) mass is 176 g/mol. The summed E-state index contributed by atoms with van der Waals surface area (Å²) in [5, 5.41) is 8.11. The Kier molecular flexibility index (Phi) is 1.58. The molecular formula is C9H12N4. The van der Waals surface area contributed by atoms with Crippen molar-refractivity contribution in [3.05, 3.63) is 18.3 Å². The van der Waals surface area contributed by atoms with Crippen LogP contribution >= 0.6 is 0 Å². The Labute approximate surface area is 76.6 Å². The number of hydrogen-bond acceptors (Lipinski definition) is 3. The van der Waals surface area contributed by atoms with Crippen LogP contribution in [0.3, 0.4) is 0 Å². The van der Waals surface area contributed by atoms with Gasteiger partial charge in [0.1, 0.15) is 5.52 Å². The van der Waals surface area contributed by atoms with Gasteiger partial charge in [0.25, 0.3) is 0 Å². The third-order valence-corrected chi connectivity index (χ3v) is 1.84. The molecule has 2 rings (SSSR count). The van der Waals surface area contributed by atoms with Crippen LogP contribution in [-0.4, -0.2) is 20.0 Å². The van der Waals surface area contributed by atoms with Gasteiger partial charge >= 0.3 is 0 Å². The van der Waals surface area contributed by atoms with Crippen LogP contribution in [0.5, 0.6) is 0 Å². The molecule has 0 aliphatic rings. The number of fused-ring (bicyclic) bond motifs is 1. The number of nitrogens with zero attached hydrogens (tertiary/aromatic N) is 4. The minimum Gasteiger partial charge on any atom is -0.235 e. The van der Waals surface area contributed by atoms with Gasteiger partial charge in [0, 0.05) is 6.20 Å². The molecule has 0 amide bonds. The van der Waals surface area contributed by atoms with Crippen LogP contribution in [0, 0.1) is 0 Å². The van der Waals surface area contributed by atoms with E-state index in [9.17, 15) is 0 Å².